The summed E-state index contributed by atoms with van der Waals surface area (Å²) in [6, 6.07) is 7.07. The van der Waals surface area contributed by atoms with Gasteiger partial charge in [-0.15, -0.1) is 0 Å². The van der Waals surface area contributed by atoms with Gasteiger partial charge in [0.1, 0.15) is 23.7 Å². The number of H-pyrrole nitrogens is 2. The number of imidazole rings is 2. The quantitative estimate of drug-likeness (QED) is 0.150. The molecule has 3 aromatic rings. The summed E-state index contributed by atoms with van der Waals surface area (Å²) in [5.74, 6) is 1.25. The van der Waals surface area contributed by atoms with Crippen LogP contribution < -0.4 is 10.6 Å². The van der Waals surface area contributed by atoms with Crippen molar-refractivity contribution < 1.29 is 29.0 Å². The van der Waals surface area contributed by atoms with Crippen LogP contribution in [0, 0.1) is 11.8 Å². The highest BCUT2D eigenvalue weighted by Gasteiger charge is 2.51. The van der Waals surface area contributed by atoms with Crippen molar-refractivity contribution in [1.29, 1.82) is 0 Å². The number of hydrogen-bond donors (Lipinski definition) is 5. The van der Waals surface area contributed by atoms with Gasteiger partial charge in [-0.3, -0.25) is 9.59 Å². The van der Waals surface area contributed by atoms with E-state index in [2.05, 4.69) is 44.9 Å². The Hall–Kier alpha value is -4.92. The summed E-state index contributed by atoms with van der Waals surface area (Å²) in [5, 5.41) is 15.6. The van der Waals surface area contributed by atoms with Crippen LogP contribution in [0.3, 0.4) is 0 Å². The van der Waals surface area contributed by atoms with E-state index >= 15 is 0 Å². The minimum absolute atomic E-state index is 0.0493. The molecule has 0 spiro atoms. The number of rotatable bonds is 11. The van der Waals surface area contributed by atoms with Crippen LogP contribution in [0.25, 0.3) is 11.3 Å². The van der Waals surface area contributed by atoms with Gasteiger partial charge >= 0.3 is 12.1 Å². The molecule has 2 bridgehead atoms. The van der Waals surface area contributed by atoms with Gasteiger partial charge in [0.05, 0.1) is 37.2 Å². The molecule has 0 unspecified atom stereocenters. The van der Waals surface area contributed by atoms with Crippen molar-refractivity contribution in [3.8, 4) is 11.3 Å². The molecule has 3 aliphatic carbocycles. The molecule has 3 saturated carbocycles. The molecule has 6 aliphatic rings. The summed E-state index contributed by atoms with van der Waals surface area (Å²) in [5.41, 5.74) is 4.72. The third-order valence-electron chi connectivity index (χ3n) is 14.9. The molecule has 61 heavy (non-hydrogen) atoms. The van der Waals surface area contributed by atoms with E-state index in [1.807, 2.05) is 49.9 Å². The Morgan fingerprint density at radius 3 is 1.80 bits per heavy atom. The number of aromatic nitrogens is 4. The maximum atomic E-state index is 14.0. The van der Waals surface area contributed by atoms with Crippen molar-refractivity contribution in [1.82, 2.24) is 45.3 Å². The number of urea groups is 1. The minimum atomic E-state index is -0.662. The zero-order chi connectivity index (χ0) is 43.1. The minimum Gasteiger partial charge on any atom is -0.453 e. The third-order valence-corrected chi connectivity index (χ3v) is 14.9. The molecule has 3 aliphatic heterocycles. The second-order valence-electron chi connectivity index (χ2n) is 19.1. The number of methoxy groups -OCH3 is 1. The van der Waals surface area contributed by atoms with E-state index in [1.165, 1.54) is 18.4 Å². The zero-order valence-corrected chi connectivity index (χ0v) is 36.5. The second kappa shape index (κ2) is 17.5. The normalized spacial score (nSPS) is 26.5. The third kappa shape index (κ3) is 8.38. The number of benzene rings is 1. The van der Waals surface area contributed by atoms with Crippen molar-refractivity contribution in [2.24, 2.45) is 11.8 Å². The number of likely N-dealkylation sites (tertiary alicyclic amines) is 3. The molecule has 4 atom stereocenters. The molecular weight excluding hydrogens is 775 g/mol. The first-order valence-corrected chi connectivity index (χ1v) is 22.7. The maximum absolute atomic E-state index is 14.0. The lowest BCUT2D eigenvalue weighted by molar-refractivity contribution is -0.136. The molecule has 0 radical (unpaired) electrons. The molecule has 9 rings (SSSR count). The predicted molar refractivity (Wildman–Crippen MR) is 229 cm³/mol. The first-order valence-electron chi connectivity index (χ1n) is 22.7. The van der Waals surface area contributed by atoms with E-state index in [9.17, 15) is 24.3 Å². The maximum Gasteiger partial charge on any atom is 0.407 e. The van der Waals surface area contributed by atoms with Crippen LogP contribution in [0.5, 0.6) is 0 Å². The van der Waals surface area contributed by atoms with Crippen molar-refractivity contribution in [3.63, 3.8) is 0 Å². The highest BCUT2D eigenvalue weighted by molar-refractivity contribution is 5.88. The summed E-state index contributed by atoms with van der Waals surface area (Å²) < 4.78 is 4.80. The summed E-state index contributed by atoms with van der Waals surface area (Å²) in [7, 11) is 1.31. The molecule has 15 heteroatoms. The molecule has 5 heterocycles. The summed E-state index contributed by atoms with van der Waals surface area (Å²) >= 11 is 0. The van der Waals surface area contributed by atoms with Crippen molar-refractivity contribution in [3.05, 3.63) is 59.6 Å². The first-order chi connectivity index (χ1) is 29.3. The van der Waals surface area contributed by atoms with Crippen LogP contribution >= 0.6 is 0 Å². The monoisotopic (exact) mass is 840 g/mol. The van der Waals surface area contributed by atoms with Gasteiger partial charge in [-0.05, 0) is 105 Å². The lowest BCUT2D eigenvalue weighted by Crippen LogP contribution is -2.55. The van der Waals surface area contributed by atoms with Crippen LogP contribution in [-0.4, -0.2) is 115 Å². The van der Waals surface area contributed by atoms with E-state index in [1.54, 1.807) is 4.90 Å². The molecule has 15 nitrogen and oxygen atoms in total. The molecule has 2 aromatic heterocycles. The largest absolute Gasteiger partial charge is 0.453 e. The number of amides is 5. The number of aliphatic hydroxyl groups excluding tert-OH is 1. The van der Waals surface area contributed by atoms with Gasteiger partial charge in [0, 0.05) is 43.5 Å². The number of hydrogen-bond acceptors (Lipinski definition) is 8. The Bertz CT molecular complexity index is 2030. The van der Waals surface area contributed by atoms with Crippen molar-refractivity contribution >= 4 is 23.9 Å². The smallest absolute Gasteiger partial charge is 0.407 e. The number of nitrogens with one attached hydrogen (secondary N) is 4. The summed E-state index contributed by atoms with van der Waals surface area (Å²) in [4.78, 5) is 75.3. The number of carbonyl (C=O) groups excluding carboxylic acids is 4. The molecule has 330 valence electrons. The number of nitrogens with zero attached hydrogens (tertiary/aromatic N) is 5. The Morgan fingerprint density at radius 2 is 1.25 bits per heavy atom. The molecular formula is C46H65N9O6. The number of alkyl carbamates (subject to hydrolysis) is 1. The van der Waals surface area contributed by atoms with Crippen molar-refractivity contribution in [2.75, 3.05) is 33.3 Å². The SMILES string of the molecule is COC(=O)N[C@H](C(=O)N1CCC[C@H]1c1ncc(C23CCC(c4ccc(-c5cnc([C@@H]6CCCN6C(=O)[C@H](NC(=O)N6CCC(O)CC6)C(C)C)[nH]5)cc4)(CC2)CC3)[nH]1)C(C)C. The van der Waals surface area contributed by atoms with E-state index in [-0.39, 0.29) is 58.7 Å². The molecule has 5 amide bonds. The fourth-order valence-electron chi connectivity index (χ4n) is 10.9. The Balaban J connectivity index is 0.893. The number of piperidine rings is 1. The molecule has 3 saturated heterocycles. The Kier molecular flexibility index (Phi) is 12.2. The Labute approximate surface area is 359 Å². The molecule has 1 aromatic carbocycles. The average Bonchev–Trinajstić information content (AvgIpc) is 4.12. The second-order valence-corrected chi connectivity index (χ2v) is 19.1. The highest BCUT2D eigenvalue weighted by Crippen LogP contribution is 2.58. The van der Waals surface area contributed by atoms with Crippen LogP contribution in [0.4, 0.5) is 9.59 Å². The number of aromatic amines is 2. The van der Waals surface area contributed by atoms with E-state index in [0.717, 1.165) is 87.1 Å². The van der Waals surface area contributed by atoms with Crippen molar-refractivity contribution in [2.45, 2.75) is 146 Å². The Morgan fingerprint density at radius 1 is 0.721 bits per heavy atom. The van der Waals surface area contributed by atoms with Crippen LogP contribution in [0.1, 0.15) is 140 Å². The van der Waals surface area contributed by atoms with E-state index < -0.39 is 18.2 Å². The van der Waals surface area contributed by atoms with Gasteiger partial charge in [0.15, 0.2) is 0 Å². The van der Waals surface area contributed by atoms with E-state index in [4.69, 9.17) is 14.7 Å². The van der Waals surface area contributed by atoms with Gasteiger partial charge in [-0.2, -0.15) is 0 Å². The fraction of sp³-hybridized carbons (Fsp3) is 0.652. The standard InChI is InChI=1S/C46H65N9O6/c1-28(2)37(51-43(59)53-24-14-32(56)15-25-53)41(57)54-22-6-8-34(54)39-47-26-33(49-39)30-10-12-31(13-11-30)45-16-19-46(20-17-45,21-18-45)36-27-48-40(50-36)35-9-7-23-55(35)42(58)38(29(3)4)52-44(60)61-5/h10-13,26-29,32,34-35,37-38,56H,6-9,14-25H2,1-5H3,(H,47,49)(H,48,50)(H,51,59)(H,52,60)/t34-,35-,37+,38-,45?,46?/m0/s1. The fourth-order valence-corrected chi connectivity index (χ4v) is 10.9. The number of carbonyl (C=O) groups is 4. The topological polar surface area (TPSA) is 189 Å². The average molecular weight is 840 g/mol. The van der Waals surface area contributed by atoms with E-state index in [0.29, 0.717) is 39.0 Å². The predicted octanol–water partition coefficient (Wildman–Crippen LogP) is 6.24. The van der Waals surface area contributed by atoms with Crippen LogP contribution in [-0.2, 0) is 25.2 Å². The van der Waals surface area contributed by atoms with Gasteiger partial charge in [0.25, 0.3) is 0 Å². The van der Waals surface area contributed by atoms with Gasteiger partial charge in [-0.25, -0.2) is 19.6 Å². The molecule has 5 N–H and O–H groups in total. The summed E-state index contributed by atoms with van der Waals surface area (Å²) in [6.07, 6.45) is 13.9. The lowest BCUT2D eigenvalue weighted by Gasteiger charge is -2.53. The number of ether oxygens (including phenoxy) is 1. The number of aliphatic hydroxyl groups is 1. The van der Waals surface area contributed by atoms with Gasteiger partial charge in [0.2, 0.25) is 11.8 Å². The van der Waals surface area contributed by atoms with Gasteiger partial charge < -0.3 is 45.1 Å². The summed E-state index contributed by atoms with van der Waals surface area (Å²) in [6.45, 7) is 9.99. The first kappa shape index (κ1) is 42.8. The van der Waals surface area contributed by atoms with Gasteiger partial charge in [-0.1, -0.05) is 52.0 Å². The zero-order valence-electron chi connectivity index (χ0n) is 36.5. The lowest BCUT2D eigenvalue weighted by atomic mass is 9.51. The number of fused-ring (bicyclic) bond motifs is 3. The van der Waals surface area contributed by atoms with Crippen LogP contribution in [0.2, 0.25) is 0 Å². The highest BCUT2D eigenvalue weighted by atomic mass is 16.5. The molecule has 6 fully saturated rings. The van der Waals surface area contributed by atoms with Crippen LogP contribution in [0.15, 0.2) is 36.7 Å².